The summed E-state index contributed by atoms with van der Waals surface area (Å²) in [5, 5.41) is 4.28. The lowest BCUT2D eigenvalue weighted by molar-refractivity contribution is 0.414. The highest BCUT2D eigenvalue weighted by Gasteiger charge is 2.19. The second-order valence-electron chi connectivity index (χ2n) is 5.99. The summed E-state index contributed by atoms with van der Waals surface area (Å²) in [4.78, 5) is 12.5. The average Bonchev–Trinajstić information content (AvgIpc) is 3.14. The lowest BCUT2D eigenvalue weighted by atomic mass is 10.2. The number of fused-ring (bicyclic) bond motifs is 1. The van der Waals surface area contributed by atoms with Crippen LogP contribution in [-0.4, -0.2) is 29.7 Å². The number of hydrogen-bond acceptors (Lipinski definition) is 5. The second-order valence-corrected chi connectivity index (χ2v) is 7.76. The van der Waals surface area contributed by atoms with Crippen molar-refractivity contribution in [1.82, 2.24) is 18.9 Å². The maximum atomic E-state index is 12.7. The van der Waals surface area contributed by atoms with Gasteiger partial charge in [0.15, 0.2) is 0 Å². The zero-order valence-electron chi connectivity index (χ0n) is 15.5. The molecule has 0 aliphatic rings. The number of aryl methyl sites for hydroxylation is 2. The van der Waals surface area contributed by atoms with Crippen LogP contribution in [0.15, 0.2) is 46.2 Å². The van der Waals surface area contributed by atoms with Crippen LogP contribution < -0.4 is 15.0 Å². The lowest BCUT2D eigenvalue weighted by Gasteiger charge is -2.07. The molecule has 0 saturated carbocycles. The monoisotopic (exact) mass is 390 g/mol. The normalized spacial score (nSPS) is 11.8. The molecule has 8 nitrogen and oxygen atoms in total. The predicted octanol–water partition coefficient (Wildman–Crippen LogP) is 1.57. The largest absolute Gasteiger partial charge is 0.497 e. The molecule has 0 atom stereocenters. The van der Waals surface area contributed by atoms with Crippen LogP contribution in [-0.2, 0) is 29.5 Å². The third kappa shape index (κ3) is 3.74. The minimum Gasteiger partial charge on any atom is -0.497 e. The highest BCUT2D eigenvalue weighted by Crippen LogP contribution is 2.16. The van der Waals surface area contributed by atoms with Gasteiger partial charge >= 0.3 is 0 Å². The van der Waals surface area contributed by atoms with Gasteiger partial charge in [-0.3, -0.25) is 9.20 Å². The minimum atomic E-state index is -3.78. The molecule has 3 rings (SSSR count). The topological polar surface area (TPSA) is 94.7 Å². The molecule has 0 aliphatic carbocycles. The smallest absolute Gasteiger partial charge is 0.291 e. The fourth-order valence-electron chi connectivity index (χ4n) is 2.79. The maximum Gasteiger partial charge on any atom is 0.291 e. The van der Waals surface area contributed by atoms with Crippen LogP contribution in [0.1, 0.15) is 25.2 Å². The molecule has 9 heteroatoms. The first-order valence-corrected chi connectivity index (χ1v) is 10.1. The quantitative estimate of drug-likeness (QED) is 0.661. The Bertz CT molecular complexity index is 1110. The summed E-state index contributed by atoms with van der Waals surface area (Å²) in [6, 6.07) is 8.50. The Kier molecular flexibility index (Phi) is 5.33. The molecule has 0 amide bonds. The molecule has 0 radical (unpaired) electrons. The molecule has 3 aromatic rings. The van der Waals surface area contributed by atoms with Crippen molar-refractivity contribution >= 4 is 15.5 Å². The first-order chi connectivity index (χ1) is 12.9. The van der Waals surface area contributed by atoms with Gasteiger partial charge in [0, 0.05) is 25.7 Å². The van der Waals surface area contributed by atoms with Crippen molar-refractivity contribution in [2.45, 2.75) is 38.3 Å². The zero-order chi connectivity index (χ0) is 19.6. The molecule has 1 aromatic carbocycles. The number of ether oxygens (including phenoxy) is 1. The van der Waals surface area contributed by atoms with Gasteiger partial charge in [0.2, 0.25) is 10.0 Å². The molecule has 0 saturated heterocycles. The van der Waals surface area contributed by atoms with Crippen LogP contribution in [0, 0.1) is 0 Å². The van der Waals surface area contributed by atoms with Crippen LogP contribution in [0.3, 0.4) is 0 Å². The van der Waals surface area contributed by atoms with E-state index in [1.165, 1.54) is 16.9 Å². The Morgan fingerprint density at radius 2 is 1.89 bits per heavy atom. The van der Waals surface area contributed by atoms with Gasteiger partial charge in [-0.2, -0.15) is 5.10 Å². The van der Waals surface area contributed by atoms with Crippen molar-refractivity contribution in [1.29, 1.82) is 0 Å². The van der Waals surface area contributed by atoms with Crippen molar-refractivity contribution in [2.75, 3.05) is 7.11 Å². The molecule has 0 spiro atoms. The summed E-state index contributed by atoms with van der Waals surface area (Å²) in [6.45, 7) is 4.28. The average molecular weight is 390 g/mol. The third-order valence-electron chi connectivity index (χ3n) is 4.31. The Labute approximate surface area is 157 Å². The Morgan fingerprint density at radius 1 is 1.19 bits per heavy atom. The first-order valence-electron chi connectivity index (χ1n) is 8.64. The van der Waals surface area contributed by atoms with E-state index in [1.54, 1.807) is 35.8 Å². The lowest BCUT2D eigenvalue weighted by Crippen LogP contribution is -2.26. The van der Waals surface area contributed by atoms with Gasteiger partial charge < -0.3 is 4.74 Å². The van der Waals surface area contributed by atoms with Gasteiger partial charge in [0.1, 0.15) is 22.0 Å². The van der Waals surface area contributed by atoms with E-state index in [0.717, 1.165) is 5.56 Å². The van der Waals surface area contributed by atoms with Crippen LogP contribution in [0.25, 0.3) is 5.52 Å². The number of nitrogens with one attached hydrogen (secondary N) is 1. The molecule has 0 fully saturated rings. The van der Waals surface area contributed by atoms with Crippen molar-refractivity contribution in [2.24, 2.45) is 0 Å². The second kappa shape index (κ2) is 7.53. The van der Waals surface area contributed by atoms with Gasteiger partial charge in [-0.25, -0.2) is 17.8 Å². The molecule has 0 unspecified atom stereocenters. The molecule has 0 bridgehead atoms. The number of aromatic nitrogens is 3. The Balaban J connectivity index is 1.93. The summed E-state index contributed by atoms with van der Waals surface area (Å²) in [5.74, 6) is 1.33. The highest BCUT2D eigenvalue weighted by atomic mass is 32.2. The predicted molar refractivity (Wildman–Crippen MR) is 102 cm³/mol. The standard InChI is InChI=1S/C18H22N4O4S/c1-4-17-20-22(5-2)18(23)16-10-15(12-21(16)17)27(24,25)19-11-13-6-8-14(26-3)9-7-13/h6-10,12,19H,4-5,11H2,1-3H3. The van der Waals surface area contributed by atoms with E-state index >= 15 is 0 Å². The number of benzene rings is 1. The molecular weight excluding hydrogens is 368 g/mol. The van der Waals surface area contributed by atoms with Gasteiger partial charge in [-0.05, 0) is 30.7 Å². The molecule has 27 heavy (non-hydrogen) atoms. The Hall–Kier alpha value is -2.65. The van der Waals surface area contributed by atoms with Gasteiger partial charge in [-0.15, -0.1) is 0 Å². The molecule has 0 aliphatic heterocycles. The fraction of sp³-hybridized carbons (Fsp3) is 0.333. The van der Waals surface area contributed by atoms with Crippen LogP contribution in [0.2, 0.25) is 0 Å². The van der Waals surface area contributed by atoms with Crippen LogP contribution in [0.5, 0.6) is 5.75 Å². The molecule has 1 N–H and O–H groups in total. The number of sulfonamides is 1. The molecule has 2 heterocycles. The van der Waals surface area contributed by atoms with E-state index in [1.807, 2.05) is 13.8 Å². The van der Waals surface area contributed by atoms with Crippen molar-refractivity contribution in [3.8, 4) is 5.75 Å². The molecule has 144 valence electrons. The van der Waals surface area contributed by atoms with Crippen molar-refractivity contribution in [3.05, 3.63) is 58.3 Å². The van der Waals surface area contributed by atoms with Crippen LogP contribution >= 0.6 is 0 Å². The molecular formula is C18H22N4O4S. The van der Waals surface area contributed by atoms with Crippen molar-refractivity contribution in [3.63, 3.8) is 0 Å². The highest BCUT2D eigenvalue weighted by molar-refractivity contribution is 7.89. The van der Waals surface area contributed by atoms with Gasteiger partial charge in [-0.1, -0.05) is 19.1 Å². The van der Waals surface area contributed by atoms with E-state index < -0.39 is 10.0 Å². The molecule has 2 aromatic heterocycles. The summed E-state index contributed by atoms with van der Waals surface area (Å²) < 4.78 is 35.9. The summed E-state index contributed by atoms with van der Waals surface area (Å²) in [7, 11) is -2.20. The van der Waals surface area contributed by atoms with Crippen molar-refractivity contribution < 1.29 is 13.2 Å². The minimum absolute atomic E-state index is 0.0402. The van der Waals surface area contributed by atoms with E-state index in [9.17, 15) is 13.2 Å². The third-order valence-corrected chi connectivity index (χ3v) is 5.68. The van der Waals surface area contributed by atoms with Gasteiger partial charge in [0.25, 0.3) is 5.56 Å². The van der Waals surface area contributed by atoms with E-state index in [-0.39, 0.29) is 17.0 Å². The fourth-order valence-corrected chi connectivity index (χ4v) is 3.82. The maximum absolute atomic E-state index is 12.7. The number of rotatable bonds is 7. The van der Waals surface area contributed by atoms with Crippen LogP contribution in [0.4, 0.5) is 0 Å². The van der Waals surface area contributed by atoms with E-state index in [0.29, 0.717) is 30.1 Å². The zero-order valence-corrected chi connectivity index (χ0v) is 16.3. The summed E-state index contributed by atoms with van der Waals surface area (Å²) in [5.41, 5.74) is 0.784. The summed E-state index contributed by atoms with van der Waals surface area (Å²) >= 11 is 0. The number of methoxy groups -OCH3 is 1. The van der Waals surface area contributed by atoms with E-state index in [2.05, 4.69) is 9.82 Å². The first kappa shape index (κ1) is 19.1. The number of nitrogens with zero attached hydrogens (tertiary/aromatic N) is 3. The Morgan fingerprint density at radius 3 is 2.48 bits per heavy atom. The van der Waals surface area contributed by atoms with Gasteiger partial charge in [0.05, 0.1) is 7.11 Å². The van der Waals surface area contributed by atoms with E-state index in [4.69, 9.17) is 4.74 Å². The summed E-state index contributed by atoms with van der Waals surface area (Å²) in [6.07, 6.45) is 2.02. The number of hydrogen-bond donors (Lipinski definition) is 1. The SMILES string of the molecule is CCc1nn(CC)c(=O)c2cc(S(=O)(=O)NCc3ccc(OC)cc3)cn12.